The lowest BCUT2D eigenvalue weighted by atomic mass is 9.82. The van der Waals surface area contributed by atoms with Crippen LogP contribution in [0.25, 0.3) is 0 Å². The number of hydrogen-bond acceptors (Lipinski definition) is 2. The van der Waals surface area contributed by atoms with Crippen molar-refractivity contribution < 1.29 is 0 Å². The highest BCUT2D eigenvalue weighted by Gasteiger charge is 2.26. The maximum absolute atomic E-state index is 4.69. The summed E-state index contributed by atoms with van der Waals surface area (Å²) in [6, 6.07) is 0. The first-order valence-electron chi connectivity index (χ1n) is 7.46. The number of aromatic nitrogens is 2. The number of aryl methyl sites for hydroxylation is 2. The van der Waals surface area contributed by atoms with E-state index >= 15 is 0 Å². The fourth-order valence-electron chi connectivity index (χ4n) is 2.33. The van der Waals surface area contributed by atoms with Crippen molar-refractivity contribution >= 4 is 15.9 Å². The molecule has 1 heterocycles. The average Bonchev–Trinajstić information content (AvgIpc) is 2.73. The summed E-state index contributed by atoms with van der Waals surface area (Å²) in [5.41, 5.74) is 2.82. The van der Waals surface area contributed by atoms with Gasteiger partial charge < -0.3 is 5.32 Å². The first kappa shape index (κ1) is 16.7. The minimum absolute atomic E-state index is 0.288. The standard InChI is InChI=1S/C15H28BrN3/c1-6-12-14(16)13(19(9-4)18-12)10-15(5,7-2)11-17-8-3/h17H,6-11H2,1-5H3. The van der Waals surface area contributed by atoms with Crippen molar-refractivity contribution in [2.24, 2.45) is 5.41 Å². The zero-order valence-electron chi connectivity index (χ0n) is 13.0. The van der Waals surface area contributed by atoms with Gasteiger partial charge in [-0.05, 0) is 54.1 Å². The van der Waals surface area contributed by atoms with Gasteiger partial charge in [0.1, 0.15) is 0 Å². The van der Waals surface area contributed by atoms with Gasteiger partial charge in [-0.2, -0.15) is 5.10 Å². The predicted molar refractivity (Wildman–Crippen MR) is 85.6 cm³/mol. The van der Waals surface area contributed by atoms with Crippen molar-refractivity contribution in [2.75, 3.05) is 13.1 Å². The molecule has 1 rings (SSSR count). The Morgan fingerprint density at radius 1 is 1.26 bits per heavy atom. The molecule has 110 valence electrons. The molecule has 0 saturated carbocycles. The Labute approximate surface area is 126 Å². The molecule has 4 heteroatoms. The molecule has 0 fully saturated rings. The molecule has 0 radical (unpaired) electrons. The highest BCUT2D eigenvalue weighted by atomic mass is 79.9. The van der Waals surface area contributed by atoms with E-state index in [1.807, 2.05) is 0 Å². The van der Waals surface area contributed by atoms with Gasteiger partial charge in [0, 0.05) is 13.1 Å². The van der Waals surface area contributed by atoms with E-state index in [1.54, 1.807) is 0 Å². The Bertz CT molecular complexity index is 400. The maximum Gasteiger partial charge on any atom is 0.0766 e. The van der Waals surface area contributed by atoms with E-state index in [0.717, 1.165) is 32.5 Å². The number of nitrogens with one attached hydrogen (secondary N) is 1. The summed E-state index contributed by atoms with van der Waals surface area (Å²) in [7, 11) is 0. The van der Waals surface area contributed by atoms with Gasteiger partial charge in [-0.25, -0.2) is 0 Å². The van der Waals surface area contributed by atoms with Crippen LogP contribution < -0.4 is 5.32 Å². The topological polar surface area (TPSA) is 29.9 Å². The maximum atomic E-state index is 4.69. The fraction of sp³-hybridized carbons (Fsp3) is 0.800. The van der Waals surface area contributed by atoms with Crippen LogP contribution in [0.2, 0.25) is 0 Å². The van der Waals surface area contributed by atoms with E-state index in [1.165, 1.54) is 22.3 Å². The number of nitrogens with zero attached hydrogens (tertiary/aromatic N) is 2. The molecule has 1 unspecified atom stereocenters. The van der Waals surface area contributed by atoms with Gasteiger partial charge in [-0.3, -0.25) is 4.68 Å². The highest BCUT2D eigenvalue weighted by Crippen LogP contribution is 2.31. The molecule has 1 N–H and O–H groups in total. The van der Waals surface area contributed by atoms with Gasteiger partial charge in [-0.1, -0.05) is 27.7 Å². The van der Waals surface area contributed by atoms with Gasteiger partial charge >= 0.3 is 0 Å². The molecule has 3 nitrogen and oxygen atoms in total. The summed E-state index contributed by atoms with van der Waals surface area (Å²) in [6.07, 6.45) is 3.22. The van der Waals surface area contributed by atoms with Crippen LogP contribution in [0.4, 0.5) is 0 Å². The van der Waals surface area contributed by atoms with Crippen LogP contribution in [0.3, 0.4) is 0 Å². The third-order valence-corrected chi connectivity index (χ3v) is 4.86. The SMILES string of the molecule is CCNCC(C)(CC)Cc1c(Br)c(CC)nn1CC. The lowest BCUT2D eigenvalue weighted by molar-refractivity contribution is 0.284. The molecule has 0 aliphatic carbocycles. The molecule has 0 amide bonds. The van der Waals surface area contributed by atoms with Crippen LogP contribution >= 0.6 is 15.9 Å². The summed E-state index contributed by atoms with van der Waals surface area (Å²) >= 11 is 3.75. The van der Waals surface area contributed by atoms with Gasteiger partial charge in [0.05, 0.1) is 15.9 Å². The van der Waals surface area contributed by atoms with E-state index in [4.69, 9.17) is 5.10 Å². The molecule has 1 atom stereocenters. The first-order chi connectivity index (χ1) is 9.01. The van der Waals surface area contributed by atoms with Gasteiger partial charge in [-0.15, -0.1) is 0 Å². The summed E-state index contributed by atoms with van der Waals surface area (Å²) in [5.74, 6) is 0. The van der Waals surface area contributed by atoms with Crippen LogP contribution in [0, 0.1) is 5.41 Å². The molecule has 19 heavy (non-hydrogen) atoms. The minimum Gasteiger partial charge on any atom is -0.316 e. The molecular weight excluding hydrogens is 302 g/mol. The zero-order chi connectivity index (χ0) is 14.5. The molecule has 0 aliphatic rings. The third kappa shape index (κ3) is 4.06. The van der Waals surface area contributed by atoms with Crippen LogP contribution in [-0.4, -0.2) is 22.9 Å². The second-order valence-electron chi connectivity index (χ2n) is 5.50. The first-order valence-corrected chi connectivity index (χ1v) is 8.25. The molecule has 0 aromatic carbocycles. The number of rotatable bonds is 8. The Kier molecular flexibility index (Phi) is 6.54. The van der Waals surface area contributed by atoms with Crippen molar-refractivity contribution in [1.82, 2.24) is 15.1 Å². The molecule has 0 bridgehead atoms. The quantitative estimate of drug-likeness (QED) is 0.786. The second-order valence-corrected chi connectivity index (χ2v) is 6.29. The highest BCUT2D eigenvalue weighted by molar-refractivity contribution is 9.10. The Morgan fingerprint density at radius 3 is 2.42 bits per heavy atom. The molecule has 0 aliphatic heterocycles. The van der Waals surface area contributed by atoms with E-state index in [2.05, 4.69) is 60.5 Å². The van der Waals surface area contributed by atoms with E-state index in [0.29, 0.717) is 0 Å². The van der Waals surface area contributed by atoms with Crippen LogP contribution in [0.15, 0.2) is 4.47 Å². The number of halogens is 1. The molecule has 1 aromatic heterocycles. The van der Waals surface area contributed by atoms with Crippen molar-refractivity contribution in [3.05, 3.63) is 15.9 Å². The van der Waals surface area contributed by atoms with Gasteiger partial charge in [0.2, 0.25) is 0 Å². The van der Waals surface area contributed by atoms with Crippen LogP contribution in [0.1, 0.15) is 52.4 Å². The van der Waals surface area contributed by atoms with E-state index in [-0.39, 0.29) is 5.41 Å². The summed E-state index contributed by atoms with van der Waals surface area (Å²) in [4.78, 5) is 0. The fourth-order valence-corrected chi connectivity index (χ4v) is 3.03. The smallest absolute Gasteiger partial charge is 0.0766 e. The average molecular weight is 330 g/mol. The lowest BCUT2D eigenvalue weighted by Gasteiger charge is -2.29. The number of hydrogen-bond donors (Lipinski definition) is 1. The van der Waals surface area contributed by atoms with Crippen LogP contribution in [0.5, 0.6) is 0 Å². The van der Waals surface area contributed by atoms with Crippen molar-refractivity contribution in [2.45, 2.75) is 60.4 Å². The van der Waals surface area contributed by atoms with Gasteiger partial charge in [0.25, 0.3) is 0 Å². The summed E-state index contributed by atoms with van der Waals surface area (Å²) < 4.78 is 3.37. The van der Waals surface area contributed by atoms with Crippen molar-refractivity contribution in [3.63, 3.8) is 0 Å². The van der Waals surface area contributed by atoms with E-state index < -0.39 is 0 Å². The predicted octanol–water partition coefficient (Wildman–Crippen LogP) is 3.80. The second kappa shape index (κ2) is 7.44. The summed E-state index contributed by atoms with van der Waals surface area (Å²) in [5, 5.41) is 8.19. The van der Waals surface area contributed by atoms with E-state index in [9.17, 15) is 0 Å². The Balaban J connectivity index is 2.98. The Morgan fingerprint density at radius 2 is 1.95 bits per heavy atom. The third-order valence-electron chi connectivity index (χ3n) is 3.94. The van der Waals surface area contributed by atoms with Crippen LogP contribution in [-0.2, 0) is 19.4 Å². The molecule has 0 spiro atoms. The van der Waals surface area contributed by atoms with Crippen molar-refractivity contribution in [1.29, 1.82) is 0 Å². The Hall–Kier alpha value is -0.350. The zero-order valence-corrected chi connectivity index (χ0v) is 14.6. The minimum atomic E-state index is 0.288. The summed E-state index contributed by atoms with van der Waals surface area (Å²) in [6.45, 7) is 14.2. The molecule has 0 saturated heterocycles. The lowest BCUT2D eigenvalue weighted by Crippen LogP contribution is -2.34. The normalized spacial score (nSPS) is 14.6. The van der Waals surface area contributed by atoms with Gasteiger partial charge in [0.15, 0.2) is 0 Å². The molecular formula is C15H28BrN3. The largest absolute Gasteiger partial charge is 0.316 e. The van der Waals surface area contributed by atoms with Crippen molar-refractivity contribution in [3.8, 4) is 0 Å². The monoisotopic (exact) mass is 329 g/mol. The molecule has 1 aromatic rings.